The van der Waals surface area contributed by atoms with Gasteiger partial charge >= 0.3 is 0 Å². The van der Waals surface area contributed by atoms with Crippen molar-refractivity contribution in [3.05, 3.63) is 22.9 Å². The summed E-state index contributed by atoms with van der Waals surface area (Å²) in [4.78, 5) is 22.1. The van der Waals surface area contributed by atoms with Gasteiger partial charge in [-0.2, -0.15) is 0 Å². The fourth-order valence-corrected chi connectivity index (χ4v) is 5.09. The van der Waals surface area contributed by atoms with Gasteiger partial charge in [-0.05, 0) is 68.4 Å². The number of amides is 1. The van der Waals surface area contributed by atoms with Crippen molar-refractivity contribution in [3.8, 4) is 0 Å². The lowest BCUT2D eigenvalue weighted by molar-refractivity contribution is 0.100. The van der Waals surface area contributed by atoms with Gasteiger partial charge < -0.3 is 10.6 Å². The van der Waals surface area contributed by atoms with Gasteiger partial charge in [0.1, 0.15) is 5.82 Å². The third kappa shape index (κ3) is 2.92. The van der Waals surface area contributed by atoms with Crippen LogP contribution in [0.25, 0.3) is 0 Å². The van der Waals surface area contributed by atoms with E-state index in [0.29, 0.717) is 17.5 Å². The molecule has 2 bridgehead atoms. The summed E-state index contributed by atoms with van der Waals surface area (Å²) in [7, 11) is 0. The molecule has 5 aliphatic rings. The van der Waals surface area contributed by atoms with Crippen LogP contribution in [0.15, 0.2) is 6.07 Å². The molecule has 1 aromatic rings. The molecule has 3 saturated heterocycles. The zero-order valence-corrected chi connectivity index (χ0v) is 14.9. The molecule has 1 amide bonds. The predicted molar refractivity (Wildman–Crippen MR) is 97.8 cm³/mol. The molecule has 4 fully saturated rings. The minimum absolute atomic E-state index is 0.330. The number of piperidine rings is 1. The number of primary amides is 1. The van der Waals surface area contributed by atoms with E-state index in [-0.39, 0.29) is 5.91 Å². The molecule has 25 heavy (non-hydrogen) atoms. The maximum absolute atomic E-state index is 12.1. The normalized spacial score (nSPS) is 28.9. The van der Waals surface area contributed by atoms with Crippen LogP contribution in [0.4, 0.5) is 5.82 Å². The number of carbonyl (C=O) groups is 1. The zero-order valence-electron chi connectivity index (χ0n) is 14.9. The Bertz CT molecular complexity index is 699. The van der Waals surface area contributed by atoms with Crippen LogP contribution in [-0.4, -0.2) is 48.0 Å². The highest BCUT2D eigenvalue weighted by Gasteiger charge is 2.38. The monoisotopic (exact) mass is 340 g/mol. The van der Waals surface area contributed by atoms with Gasteiger partial charge in [0, 0.05) is 37.9 Å². The lowest BCUT2D eigenvalue weighted by Gasteiger charge is -2.36. The number of aromatic nitrogens is 1. The SMILES string of the molecule is NC(=O)c1cc2c(nc1N1C[C@H]3CC[C@@H](C1)N(CC1CC1)C3)CCC2. The number of rotatable bonds is 4. The van der Waals surface area contributed by atoms with Gasteiger partial charge in [-0.3, -0.25) is 9.69 Å². The van der Waals surface area contributed by atoms with E-state index in [0.717, 1.165) is 44.1 Å². The van der Waals surface area contributed by atoms with Crippen LogP contribution in [0.5, 0.6) is 0 Å². The highest BCUT2D eigenvalue weighted by molar-refractivity contribution is 5.98. The largest absolute Gasteiger partial charge is 0.365 e. The first-order valence-electron chi connectivity index (χ1n) is 9.99. The zero-order chi connectivity index (χ0) is 17.0. The van der Waals surface area contributed by atoms with Gasteiger partial charge in [0.2, 0.25) is 0 Å². The molecule has 5 heteroatoms. The van der Waals surface area contributed by atoms with Gasteiger partial charge in [0.05, 0.1) is 5.56 Å². The maximum atomic E-state index is 12.1. The van der Waals surface area contributed by atoms with E-state index in [4.69, 9.17) is 10.7 Å². The first kappa shape index (κ1) is 15.6. The van der Waals surface area contributed by atoms with Crippen LogP contribution in [-0.2, 0) is 12.8 Å². The van der Waals surface area contributed by atoms with Crippen molar-refractivity contribution in [1.29, 1.82) is 0 Å². The summed E-state index contributed by atoms with van der Waals surface area (Å²) in [5.41, 5.74) is 8.77. The van der Waals surface area contributed by atoms with Crippen molar-refractivity contribution < 1.29 is 4.79 Å². The molecular weight excluding hydrogens is 312 g/mol. The highest BCUT2D eigenvalue weighted by Crippen LogP contribution is 2.36. The van der Waals surface area contributed by atoms with Crippen molar-refractivity contribution in [3.63, 3.8) is 0 Å². The molecule has 0 spiro atoms. The van der Waals surface area contributed by atoms with Crippen LogP contribution < -0.4 is 10.6 Å². The van der Waals surface area contributed by atoms with E-state index in [2.05, 4.69) is 9.80 Å². The first-order chi connectivity index (χ1) is 12.2. The minimum atomic E-state index is -0.330. The number of hydrogen-bond acceptors (Lipinski definition) is 4. The van der Waals surface area contributed by atoms with Gasteiger partial charge in [0.25, 0.3) is 5.91 Å². The topological polar surface area (TPSA) is 62.5 Å². The first-order valence-corrected chi connectivity index (χ1v) is 9.99. The third-order valence-electron chi connectivity index (χ3n) is 6.61. The molecule has 2 atom stereocenters. The van der Waals surface area contributed by atoms with Gasteiger partial charge in [0.15, 0.2) is 0 Å². The Morgan fingerprint density at radius 3 is 2.84 bits per heavy atom. The second-order valence-electron chi connectivity index (χ2n) is 8.58. The van der Waals surface area contributed by atoms with Gasteiger partial charge in [-0.25, -0.2) is 4.98 Å². The quantitative estimate of drug-likeness (QED) is 0.910. The fourth-order valence-electron chi connectivity index (χ4n) is 5.09. The molecule has 1 saturated carbocycles. The summed E-state index contributed by atoms with van der Waals surface area (Å²) < 4.78 is 0. The molecule has 0 radical (unpaired) electrons. The number of pyridine rings is 1. The number of carbonyl (C=O) groups excluding carboxylic acids is 1. The molecule has 134 valence electrons. The highest BCUT2D eigenvalue weighted by atomic mass is 16.1. The maximum Gasteiger partial charge on any atom is 0.252 e. The van der Waals surface area contributed by atoms with Crippen molar-refractivity contribution in [2.45, 2.75) is 51.0 Å². The van der Waals surface area contributed by atoms with Crippen LogP contribution >= 0.6 is 0 Å². The molecule has 4 heterocycles. The Kier molecular flexibility index (Phi) is 3.73. The molecule has 0 aromatic carbocycles. The molecule has 2 N–H and O–H groups in total. The molecule has 6 rings (SSSR count). The Morgan fingerprint density at radius 2 is 2.04 bits per heavy atom. The van der Waals surface area contributed by atoms with Crippen LogP contribution in [0, 0.1) is 11.8 Å². The van der Waals surface area contributed by atoms with Crippen LogP contribution in [0.3, 0.4) is 0 Å². The van der Waals surface area contributed by atoms with E-state index < -0.39 is 0 Å². The molecule has 2 aliphatic carbocycles. The van der Waals surface area contributed by atoms with Crippen molar-refractivity contribution in [2.24, 2.45) is 17.6 Å². The fraction of sp³-hybridized carbons (Fsp3) is 0.700. The summed E-state index contributed by atoms with van der Waals surface area (Å²) in [5.74, 6) is 2.15. The number of anilines is 1. The number of fused-ring (bicyclic) bond motifs is 5. The second kappa shape index (κ2) is 5.97. The van der Waals surface area contributed by atoms with E-state index >= 15 is 0 Å². The number of nitrogens with two attached hydrogens (primary N) is 1. The molecule has 3 aliphatic heterocycles. The lowest BCUT2D eigenvalue weighted by Crippen LogP contribution is -2.45. The third-order valence-corrected chi connectivity index (χ3v) is 6.61. The van der Waals surface area contributed by atoms with Crippen LogP contribution in [0.2, 0.25) is 0 Å². The summed E-state index contributed by atoms with van der Waals surface area (Å²) in [6.07, 6.45) is 8.62. The number of hydrogen-bond donors (Lipinski definition) is 1. The molecule has 5 nitrogen and oxygen atoms in total. The summed E-state index contributed by atoms with van der Waals surface area (Å²) in [6, 6.07) is 2.64. The van der Waals surface area contributed by atoms with Crippen molar-refractivity contribution in [1.82, 2.24) is 9.88 Å². The summed E-state index contributed by atoms with van der Waals surface area (Å²) in [5, 5.41) is 0. The number of aryl methyl sites for hydroxylation is 2. The Morgan fingerprint density at radius 1 is 1.16 bits per heavy atom. The molecule has 1 aromatic heterocycles. The predicted octanol–water partition coefficient (Wildman–Crippen LogP) is 1.98. The Labute approximate surface area is 149 Å². The lowest BCUT2D eigenvalue weighted by atomic mass is 9.95. The van der Waals surface area contributed by atoms with Crippen molar-refractivity contribution >= 4 is 11.7 Å². The van der Waals surface area contributed by atoms with Gasteiger partial charge in [-0.15, -0.1) is 0 Å². The second-order valence-corrected chi connectivity index (χ2v) is 8.58. The van der Waals surface area contributed by atoms with Gasteiger partial charge in [-0.1, -0.05) is 0 Å². The smallest absolute Gasteiger partial charge is 0.252 e. The average Bonchev–Trinajstić information content (AvgIpc) is 3.36. The summed E-state index contributed by atoms with van der Waals surface area (Å²) >= 11 is 0. The van der Waals surface area contributed by atoms with Crippen molar-refractivity contribution in [2.75, 3.05) is 31.1 Å². The summed E-state index contributed by atoms with van der Waals surface area (Å²) in [6.45, 7) is 4.50. The minimum Gasteiger partial charge on any atom is -0.365 e. The van der Waals surface area contributed by atoms with E-state index in [1.165, 1.54) is 50.0 Å². The standard InChI is InChI=1S/C20H28N4O/c21-19(25)17-8-15-2-1-3-18(15)22-20(17)24-11-14-6-7-16(12-24)23(10-14)9-13-4-5-13/h8,13-14,16H,1-7,9-12H2,(H2,21,25)/t14-,16-/m0/s1. The number of nitrogens with zero attached hydrogens (tertiary/aromatic N) is 3. The van der Waals surface area contributed by atoms with E-state index in [1.807, 2.05) is 6.07 Å². The molecular formula is C20H28N4O. The Balaban J connectivity index is 1.46. The van der Waals surface area contributed by atoms with E-state index in [1.54, 1.807) is 0 Å². The molecule has 0 unspecified atom stereocenters. The van der Waals surface area contributed by atoms with E-state index in [9.17, 15) is 4.79 Å². The Hall–Kier alpha value is -1.62. The average molecular weight is 340 g/mol. The van der Waals surface area contributed by atoms with Crippen LogP contribution in [0.1, 0.15) is 53.7 Å².